The average Bonchev–Trinajstić information content (AvgIpc) is 2.90. The lowest BCUT2D eigenvalue weighted by Crippen LogP contribution is -2.35. The monoisotopic (exact) mass is 288 g/mol. The van der Waals surface area contributed by atoms with Crippen LogP contribution in [0.25, 0.3) is 11.4 Å². The van der Waals surface area contributed by atoms with E-state index < -0.39 is 0 Å². The zero-order valence-corrected chi connectivity index (χ0v) is 12.3. The van der Waals surface area contributed by atoms with Crippen LogP contribution in [0.4, 0.5) is 0 Å². The quantitative estimate of drug-likeness (QED) is 0.885. The van der Waals surface area contributed by atoms with E-state index in [-0.39, 0.29) is 6.10 Å². The number of hydrogen-bond acceptors (Lipinski definition) is 5. The van der Waals surface area contributed by atoms with Gasteiger partial charge in [-0.15, -0.1) is 0 Å². The Morgan fingerprint density at radius 2 is 2.33 bits per heavy atom. The lowest BCUT2D eigenvalue weighted by molar-refractivity contribution is 0.118. The van der Waals surface area contributed by atoms with E-state index in [4.69, 9.17) is 4.74 Å². The third-order valence-electron chi connectivity index (χ3n) is 3.65. The maximum absolute atomic E-state index is 9.50. The lowest BCUT2D eigenvalue weighted by Gasteiger charge is -2.26. The van der Waals surface area contributed by atoms with E-state index in [0.29, 0.717) is 12.4 Å². The number of aromatic nitrogens is 3. The normalized spacial score (nSPS) is 16.5. The van der Waals surface area contributed by atoms with E-state index in [1.807, 2.05) is 19.1 Å². The van der Waals surface area contributed by atoms with Crippen LogP contribution in [0.15, 0.2) is 18.3 Å². The Labute approximate surface area is 123 Å². The average molecular weight is 288 g/mol. The molecule has 0 amide bonds. The molecule has 3 heterocycles. The molecule has 1 atom stereocenters. The van der Waals surface area contributed by atoms with E-state index in [0.717, 1.165) is 42.3 Å². The zero-order valence-electron chi connectivity index (χ0n) is 12.3. The van der Waals surface area contributed by atoms with Gasteiger partial charge in [0, 0.05) is 43.9 Å². The highest BCUT2D eigenvalue weighted by molar-refractivity contribution is 5.55. The first-order chi connectivity index (χ1) is 10.2. The highest BCUT2D eigenvalue weighted by Crippen LogP contribution is 2.23. The summed E-state index contributed by atoms with van der Waals surface area (Å²) in [6.45, 7) is 4.24. The van der Waals surface area contributed by atoms with Gasteiger partial charge in [-0.25, -0.2) is 9.97 Å². The third-order valence-corrected chi connectivity index (χ3v) is 3.65. The van der Waals surface area contributed by atoms with Gasteiger partial charge in [-0.1, -0.05) is 0 Å². The Balaban J connectivity index is 1.79. The van der Waals surface area contributed by atoms with E-state index in [1.54, 1.807) is 13.3 Å². The van der Waals surface area contributed by atoms with Gasteiger partial charge in [0.15, 0.2) is 0 Å². The first-order valence-electron chi connectivity index (χ1n) is 7.14. The van der Waals surface area contributed by atoms with Crippen LogP contribution < -0.4 is 4.74 Å². The SMILES string of the molecule is COc1ccc(-c2nc3c([nH]2)CN(CC(C)O)CC3)cn1. The van der Waals surface area contributed by atoms with Crippen LogP contribution in [0.1, 0.15) is 18.3 Å². The highest BCUT2D eigenvalue weighted by Gasteiger charge is 2.21. The number of fused-ring (bicyclic) bond motifs is 1. The number of rotatable bonds is 4. The van der Waals surface area contributed by atoms with Crippen molar-refractivity contribution < 1.29 is 9.84 Å². The summed E-state index contributed by atoms with van der Waals surface area (Å²) < 4.78 is 5.07. The van der Waals surface area contributed by atoms with Crippen LogP contribution in [-0.2, 0) is 13.0 Å². The number of H-pyrrole nitrogens is 1. The zero-order chi connectivity index (χ0) is 14.8. The molecule has 1 unspecified atom stereocenters. The molecule has 3 rings (SSSR count). The Morgan fingerprint density at radius 1 is 1.48 bits per heavy atom. The van der Waals surface area contributed by atoms with Crippen molar-refractivity contribution in [2.24, 2.45) is 0 Å². The number of imidazole rings is 1. The minimum atomic E-state index is -0.306. The Hall–Kier alpha value is -1.92. The van der Waals surface area contributed by atoms with Gasteiger partial charge in [0.2, 0.25) is 5.88 Å². The molecule has 2 aromatic rings. The lowest BCUT2D eigenvalue weighted by atomic mass is 10.1. The van der Waals surface area contributed by atoms with Crippen molar-refractivity contribution >= 4 is 0 Å². The van der Waals surface area contributed by atoms with Gasteiger partial charge in [-0.05, 0) is 13.0 Å². The minimum Gasteiger partial charge on any atom is -0.481 e. The molecule has 0 aromatic carbocycles. The molecular formula is C15H20N4O2. The number of aliphatic hydroxyl groups excluding tert-OH is 1. The summed E-state index contributed by atoms with van der Waals surface area (Å²) in [6.07, 6.45) is 2.36. The van der Waals surface area contributed by atoms with Gasteiger partial charge in [-0.2, -0.15) is 0 Å². The van der Waals surface area contributed by atoms with Gasteiger partial charge in [0.05, 0.1) is 24.6 Å². The minimum absolute atomic E-state index is 0.306. The second-order valence-corrected chi connectivity index (χ2v) is 5.43. The molecule has 0 bridgehead atoms. The summed E-state index contributed by atoms with van der Waals surface area (Å²) in [5.74, 6) is 1.44. The van der Waals surface area contributed by atoms with Crippen molar-refractivity contribution in [1.82, 2.24) is 19.9 Å². The predicted molar refractivity (Wildman–Crippen MR) is 79.0 cm³/mol. The molecule has 0 radical (unpaired) electrons. The summed E-state index contributed by atoms with van der Waals surface area (Å²) in [4.78, 5) is 14.5. The molecule has 0 spiro atoms. The van der Waals surface area contributed by atoms with E-state index >= 15 is 0 Å². The Kier molecular flexibility index (Phi) is 3.90. The second kappa shape index (κ2) is 5.83. The van der Waals surface area contributed by atoms with Gasteiger partial charge >= 0.3 is 0 Å². The van der Waals surface area contributed by atoms with Crippen molar-refractivity contribution in [3.63, 3.8) is 0 Å². The molecule has 6 heteroatoms. The van der Waals surface area contributed by atoms with Crippen molar-refractivity contribution in [3.05, 3.63) is 29.7 Å². The highest BCUT2D eigenvalue weighted by atomic mass is 16.5. The van der Waals surface area contributed by atoms with Gasteiger partial charge in [-0.3, -0.25) is 4.90 Å². The molecule has 1 aliphatic rings. The van der Waals surface area contributed by atoms with Crippen LogP contribution in [0, 0.1) is 0 Å². The van der Waals surface area contributed by atoms with Crippen LogP contribution in [-0.4, -0.2) is 51.3 Å². The summed E-state index contributed by atoms with van der Waals surface area (Å²) in [5, 5.41) is 9.50. The number of methoxy groups -OCH3 is 1. The number of aromatic amines is 1. The molecule has 21 heavy (non-hydrogen) atoms. The molecule has 6 nitrogen and oxygen atoms in total. The predicted octanol–water partition coefficient (Wildman–Crippen LogP) is 1.22. The number of aliphatic hydroxyl groups is 1. The molecular weight excluding hydrogens is 268 g/mol. The topological polar surface area (TPSA) is 74.3 Å². The van der Waals surface area contributed by atoms with Gasteiger partial charge < -0.3 is 14.8 Å². The second-order valence-electron chi connectivity index (χ2n) is 5.43. The molecule has 0 aliphatic carbocycles. The Morgan fingerprint density at radius 3 is 3.00 bits per heavy atom. The van der Waals surface area contributed by atoms with Crippen molar-refractivity contribution in [2.75, 3.05) is 20.2 Å². The molecule has 2 aromatic heterocycles. The van der Waals surface area contributed by atoms with Gasteiger partial charge in [0.25, 0.3) is 0 Å². The van der Waals surface area contributed by atoms with Crippen LogP contribution in [0.2, 0.25) is 0 Å². The number of nitrogens with one attached hydrogen (secondary N) is 1. The number of nitrogens with zero attached hydrogens (tertiary/aromatic N) is 3. The van der Waals surface area contributed by atoms with Crippen molar-refractivity contribution in [3.8, 4) is 17.3 Å². The summed E-state index contributed by atoms with van der Waals surface area (Å²) in [6, 6.07) is 3.78. The fourth-order valence-electron chi connectivity index (χ4n) is 2.66. The largest absolute Gasteiger partial charge is 0.481 e. The molecule has 0 fully saturated rings. The first kappa shape index (κ1) is 14.0. The summed E-state index contributed by atoms with van der Waals surface area (Å²) >= 11 is 0. The molecule has 0 saturated carbocycles. The smallest absolute Gasteiger partial charge is 0.212 e. The number of pyridine rings is 1. The number of β-amino-alcohol motifs (C(OH)–C–C–N with tert-alkyl or cyclic N) is 1. The van der Waals surface area contributed by atoms with E-state index in [2.05, 4.69) is 19.9 Å². The third kappa shape index (κ3) is 3.06. The van der Waals surface area contributed by atoms with E-state index in [1.165, 1.54) is 0 Å². The molecule has 0 saturated heterocycles. The Bertz CT molecular complexity index is 607. The maximum atomic E-state index is 9.50. The van der Waals surface area contributed by atoms with Crippen molar-refractivity contribution in [2.45, 2.75) is 26.0 Å². The van der Waals surface area contributed by atoms with Crippen molar-refractivity contribution in [1.29, 1.82) is 0 Å². The molecule has 1 aliphatic heterocycles. The fourth-order valence-corrected chi connectivity index (χ4v) is 2.66. The fraction of sp³-hybridized carbons (Fsp3) is 0.467. The standard InChI is InChI=1S/C15H20N4O2/c1-10(20)8-19-6-5-12-13(9-19)18-15(17-12)11-3-4-14(21-2)16-7-11/h3-4,7,10,20H,5-6,8-9H2,1-2H3,(H,17,18). The molecule has 2 N–H and O–H groups in total. The molecule has 112 valence electrons. The maximum Gasteiger partial charge on any atom is 0.212 e. The first-order valence-corrected chi connectivity index (χ1v) is 7.14. The van der Waals surface area contributed by atoms with Crippen LogP contribution in [0.3, 0.4) is 0 Å². The number of ether oxygens (including phenoxy) is 1. The van der Waals surface area contributed by atoms with Gasteiger partial charge in [0.1, 0.15) is 5.82 Å². The van der Waals surface area contributed by atoms with Crippen LogP contribution in [0.5, 0.6) is 5.88 Å². The summed E-state index contributed by atoms with van der Waals surface area (Å²) in [5.41, 5.74) is 3.20. The van der Waals surface area contributed by atoms with E-state index in [9.17, 15) is 5.11 Å². The summed E-state index contributed by atoms with van der Waals surface area (Å²) in [7, 11) is 1.60. The number of hydrogen-bond donors (Lipinski definition) is 2. The van der Waals surface area contributed by atoms with Crippen LogP contribution >= 0.6 is 0 Å².